The Balaban J connectivity index is 1.60. The zero-order valence-electron chi connectivity index (χ0n) is 21.5. The highest BCUT2D eigenvalue weighted by atomic mass is 79.9. The Morgan fingerprint density at radius 2 is 1.90 bits per heavy atom. The molecule has 204 valence electrons. The van der Waals surface area contributed by atoms with Crippen LogP contribution in [0.2, 0.25) is 10.0 Å². The Hall–Kier alpha value is -3.17. The second-order valence-corrected chi connectivity index (χ2v) is 11.7. The number of halogens is 3. The first kappa shape index (κ1) is 28.4. The Labute approximate surface area is 252 Å². The smallest absolute Gasteiger partial charge is 0.338 e. The Kier molecular flexibility index (Phi) is 8.61. The number of carbonyl (C=O) groups is 1. The first-order chi connectivity index (χ1) is 19.3. The number of carbonyl (C=O) groups excluding carboxylic acids is 1. The summed E-state index contributed by atoms with van der Waals surface area (Å²) in [6.07, 6.45) is 1.78. The molecule has 40 heavy (non-hydrogen) atoms. The molecule has 1 aliphatic rings. The fourth-order valence-corrected chi connectivity index (χ4v) is 6.32. The van der Waals surface area contributed by atoms with Crippen LogP contribution in [0.15, 0.2) is 92.3 Å². The Morgan fingerprint density at radius 3 is 2.62 bits per heavy atom. The van der Waals surface area contributed by atoms with Gasteiger partial charge < -0.3 is 9.47 Å². The van der Waals surface area contributed by atoms with Crippen LogP contribution in [-0.2, 0) is 16.1 Å². The lowest BCUT2D eigenvalue weighted by Crippen LogP contribution is -2.39. The standard InChI is InChI=1S/C30H23BrCl2N2O4S/c1-3-38-29(37)26-17(2)34-30-35(27(26)18-7-5-4-6-8-18)28(36)25(40-30)14-20-13-21(31)10-12-24(20)39-16-19-9-11-22(32)15-23(19)33/h4-15,27H,3,16H2,1-2H3/t27-/m0/s1. The van der Waals surface area contributed by atoms with Crippen LogP contribution < -0.4 is 19.6 Å². The SMILES string of the molecule is CCOC(=O)C1=C(C)N=c2sc(=Cc3cc(Br)ccc3OCc3ccc(Cl)cc3Cl)c(=O)n2[C@H]1c1ccccc1. The number of fused-ring (bicyclic) bond motifs is 1. The highest BCUT2D eigenvalue weighted by molar-refractivity contribution is 9.10. The van der Waals surface area contributed by atoms with Crippen molar-refractivity contribution in [1.29, 1.82) is 0 Å². The molecule has 0 bridgehead atoms. The van der Waals surface area contributed by atoms with Gasteiger partial charge in [0.05, 0.1) is 28.5 Å². The zero-order valence-corrected chi connectivity index (χ0v) is 25.4. The number of allylic oxidation sites excluding steroid dienone is 1. The van der Waals surface area contributed by atoms with Gasteiger partial charge in [0.25, 0.3) is 5.56 Å². The summed E-state index contributed by atoms with van der Waals surface area (Å²) >= 11 is 17.1. The fourth-order valence-electron chi connectivity index (χ4n) is 4.44. The third-order valence-corrected chi connectivity index (χ3v) is 8.35. The molecule has 5 rings (SSSR count). The van der Waals surface area contributed by atoms with Crippen molar-refractivity contribution in [3.63, 3.8) is 0 Å². The third kappa shape index (κ3) is 5.81. The summed E-state index contributed by atoms with van der Waals surface area (Å²) in [4.78, 5) is 32.1. The van der Waals surface area contributed by atoms with E-state index in [9.17, 15) is 9.59 Å². The number of thiazole rings is 1. The van der Waals surface area contributed by atoms with E-state index < -0.39 is 12.0 Å². The van der Waals surface area contributed by atoms with Crippen molar-refractivity contribution in [2.45, 2.75) is 26.5 Å². The molecule has 0 N–H and O–H groups in total. The average molecular weight is 658 g/mol. The van der Waals surface area contributed by atoms with E-state index in [2.05, 4.69) is 20.9 Å². The van der Waals surface area contributed by atoms with Crippen molar-refractivity contribution >= 4 is 62.5 Å². The number of esters is 1. The van der Waals surface area contributed by atoms with Gasteiger partial charge in [-0.05, 0) is 55.8 Å². The van der Waals surface area contributed by atoms with E-state index in [-0.39, 0.29) is 18.8 Å². The monoisotopic (exact) mass is 656 g/mol. The van der Waals surface area contributed by atoms with E-state index in [0.717, 1.165) is 15.6 Å². The lowest BCUT2D eigenvalue weighted by atomic mass is 9.96. The number of rotatable bonds is 7. The summed E-state index contributed by atoms with van der Waals surface area (Å²) < 4.78 is 14.3. The minimum absolute atomic E-state index is 0.217. The molecule has 1 aliphatic heterocycles. The van der Waals surface area contributed by atoms with E-state index in [1.54, 1.807) is 36.6 Å². The minimum atomic E-state index is -0.663. The van der Waals surface area contributed by atoms with Crippen LogP contribution in [0.25, 0.3) is 6.08 Å². The maximum Gasteiger partial charge on any atom is 0.338 e. The highest BCUT2D eigenvalue weighted by Gasteiger charge is 2.33. The van der Waals surface area contributed by atoms with E-state index in [4.69, 9.17) is 32.7 Å². The molecule has 1 atom stereocenters. The van der Waals surface area contributed by atoms with Crippen molar-refractivity contribution in [2.24, 2.45) is 4.99 Å². The molecule has 0 saturated heterocycles. The van der Waals surface area contributed by atoms with Gasteiger partial charge in [0.15, 0.2) is 4.80 Å². The van der Waals surface area contributed by atoms with Gasteiger partial charge in [-0.25, -0.2) is 9.79 Å². The van der Waals surface area contributed by atoms with Crippen molar-refractivity contribution in [2.75, 3.05) is 6.61 Å². The molecule has 0 fully saturated rings. The molecular weight excluding hydrogens is 635 g/mol. The van der Waals surface area contributed by atoms with E-state index in [0.29, 0.717) is 42.0 Å². The van der Waals surface area contributed by atoms with Gasteiger partial charge >= 0.3 is 5.97 Å². The molecule has 0 aliphatic carbocycles. The predicted octanol–water partition coefficient (Wildman–Crippen LogP) is 6.45. The van der Waals surface area contributed by atoms with Crippen molar-refractivity contribution in [3.8, 4) is 5.75 Å². The normalized spacial score (nSPS) is 15.0. The summed E-state index contributed by atoms with van der Waals surface area (Å²) in [5, 5.41) is 1.05. The molecule has 2 heterocycles. The largest absolute Gasteiger partial charge is 0.488 e. The van der Waals surface area contributed by atoms with Gasteiger partial charge in [-0.2, -0.15) is 0 Å². The number of aromatic nitrogens is 1. The number of benzene rings is 3. The van der Waals surface area contributed by atoms with Crippen LogP contribution in [0, 0.1) is 0 Å². The molecule has 1 aromatic heterocycles. The zero-order chi connectivity index (χ0) is 28.4. The quantitative estimate of drug-likeness (QED) is 0.214. The van der Waals surface area contributed by atoms with Crippen LogP contribution in [0.4, 0.5) is 0 Å². The van der Waals surface area contributed by atoms with Gasteiger partial charge in [-0.1, -0.05) is 86.9 Å². The molecule has 6 nitrogen and oxygen atoms in total. The average Bonchev–Trinajstić information content (AvgIpc) is 3.23. The lowest BCUT2D eigenvalue weighted by molar-refractivity contribution is -0.139. The van der Waals surface area contributed by atoms with E-state index in [1.165, 1.54) is 11.3 Å². The second kappa shape index (κ2) is 12.1. The first-order valence-electron chi connectivity index (χ1n) is 12.4. The molecule has 0 amide bonds. The van der Waals surface area contributed by atoms with Crippen LogP contribution in [0.5, 0.6) is 5.75 Å². The maximum absolute atomic E-state index is 13.9. The van der Waals surface area contributed by atoms with Crippen LogP contribution in [0.1, 0.15) is 36.6 Å². The fraction of sp³-hybridized carbons (Fsp3) is 0.167. The summed E-state index contributed by atoms with van der Waals surface area (Å²) in [5.74, 6) is 0.0819. The molecular formula is C30H23BrCl2N2O4S. The number of nitrogens with zero attached hydrogens (tertiary/aromatic N) is 2. The van der Waals surface area contributed by atoms with E-state index >= 15 is 0 Å². The third-order valence-electron chi connectivity index (χ3n) is 6.29. The molecule has 0 saturated carbocycles. The van der Waals surface area contributed by atoms with Gasteiger partial charge in [0.1, 0.15) is 12.4 Å². The first-order valence-corrected chi connectivity index (χ1v) is 14.7. The van der Waals surface area contributed by atoms with Crippen LogP contribution >= 0.6 is 50.5 Å². The Morgan fingerprint density at radius 1 is 1.12 bits per heavy atom. The number of ether oxygens (including phenoxy) is 2. The topological polar surface area (TPSA) is 69.9 Å². The lowest BCUT2D eigenvalue weighted by Gasteiger charge is -2.24. The Bertz CT molecular complexity index is 1820. The minimum Gasteiger partial charge on any atom is -0.488 e. The van der Waals surface area contributed by atoms with Gasteiger partial charge in [0.2, 0.25) is 0 Å². The van der Waals surface area contributed by atoms with Gasteiger partial charge in [-0.15, -0.1) is 0 Å². The van der Waals surface area contributed by atoms with Gasteiger partial charge in [0, 0.05) is 25.6 Å². The van der Waals surface area contributed by atoms with Crippen molar-refractivity contribution in [3.05, 3.63) is 129 Å². The van der Waals surface area contributed by atoms with Crippen LogP contribution in [0.3, 0.4) is 0 Å². The summed E-state index contributed by atoms with van der Waals surface area (Å²) in [6.45, 7) is 3.95. The van der Waals surface area contributed by atoms with Crippen molar-refractivity contribution < 1.29 is 14.3 Å². The van der Waals surface area contributed by atoms with Crippen LogP contribution in [-0.4, -0.2) is 17.1 Å². The molecule has 3 aromatic carbocycles. The molecule has 0 spiro atoms. The molecule has 0 radical (unpaired) electrons. The molecule has 0 unspecified atom stereocenters. The summed E-state index contributed by atoms with van der Waals surface area (Å²) in [7, 11) is 0. The predicted molar refractivity (Wildman–Crippen MR) is 162 cm³/mol. The number of hydrogen-bond donors (Lipinski definition) is 0. The van der Waals surface area contributed by atoms with E-state index in [1.807, 2.05) is 54.6 Å². The highest BCUT2D eigenvalue weighted by Crippen LogP contribution is 2.31. The van der Waals surface area contributed by atoms with Crippen molar-refractivity contribution in [1.82, 2.24) is 4.57 Å². The molecule has 10 heteroatoms. The second-order valence-electron chi connectivity index (χ2n) is 8.92. The maximum atomic E-state index is 13.9. The molecule has 4 aromatic rings. The summed E-state index contributed by atoms with van der Waals surface area (Å²) in [6, 6.07) is 19.6. The van der Waals surface area contributed by atoms with Gasteiger partial charge in [-0.3, -0.25) is 9.36 Å². The summed E-state index contributed by atoms with van der Waals surface area (Å²) in [5.41, 5.74) is 2.87. The number of hydrogen-bond acceptors (Lipinski definition) is 6.